The van der Waals surface area contributed by atoms with Gasteiger partial charge in [-0.05, 0) is 39.7 Å². The molecular formula is C13H24FNO. The third-order valence-corrected chi connectivity index (χ3v) is 4.34. The summed E-state index contributed by atoms with van der Waals surface area (Å²) in [6.45, 7) is 8.74. The van der Waals surface area contributed by atoms with Crippen molar-refractivity contribution in [3.8, 4) is 0 Å². The summed E-state index contributed by atoms with van der Waals surface area (Å²) >= 11 is 0. The van der Waals surface area contributed by atoms with Crippen LogP contribution in [0.15, 0.2) is 0 Å². The van der Waals surface area contributed by atoms with E-state index in [0.29, 0.717) is 19.6 Å². The molecule has 0 aliphatic carbocycles. The lowest BCUT2D eigenvalue weighted by Gasteiger charge is -2.35. The number of hydrogen-bond acceptors (Lipinski definition) is 2. The highest BCUT2D eigenvalue weighted by Gasteiger charge is 2.49. The van der Waals surface area contributed by atoms with E-state index in [4.69, 9.17) is 4.74 Å². The predicted octanol–water partition coefficient (Wildman–Crippen LogP) is 2.77. The van der Waals surface area contributed by atoms with Gasteiger partial charge in [0.15, 0.2) is 0 Å². The zero-order valence-corrected chi connectivity index (χ0v) is 10.8. The Morgan fingerprint density at radius 2 is 2.25 bits per heavy atom. The van der Waals surface area contributed by atoms with E-state index in [2.05, 4.69) is 25.7 Å². The van der Waals surface area contributed by atoms with Gasteiger partial charge in [0.2, 0.25) is 0 Å². The summed E-state index contributed by atoms with van der Waals surface area (Å²) in [5.74, 6) is 0. The maximum absolute atomic E-state index is 13.5. The van der Waals surface area contributed by atoms with E-state index in [1.807, 2.05) is 0 Å². The van der Waals surface area contributed by atoms with Crippen molar-refractivity contribution in [1.29, 1.82) is 0 Å². The molecule has 2 atom stereocenters. The zero-order valence-electron chi connectivity index (χ0n) is 10.8. The van der Waals surface area contributed by atoms with Crippen LogP contribution in [-0.4, -0.2) is 41.9 Å². The number of nitrogens with zero attached hydrogens (tertiary/aromatic N) is 1. The summed E-state index contributed by atoms with van der Waals surface area (Å²) in [4.78, 5) is 2.31. The molecule has 0 bridgehead atoms. The highest BCUT2D eigenvalue weighted by atomic mass is 19.1. The van der Waals surface area contributed by atoms with E-state index in [9.17, 15) is 4.39 Å². The fraction of sp³-hybridized carbons (Fsp3) is 1.00. The summed E-state index contributed by atoms with van der Waals surface area (Å²) in [7, 11) is 0. The van der Waals surface area contributed by atoms with Crippen molar-refractivity contribution < 1.29 is 9.13 Å². The largest absolute Gasteiger partial charge is 0.374 e. The minimum atomic E-state index is -0.645. The Hall–Kier alpha value is -0.150. The highest BCUT2D eigenvalue weighted by Crippen LogP contribution is 2.40. The van der Waals surface area contributed by atoms with Crippen LogP contribution in [0.3, 0.4) is 0 Å². The normalized spacial score (nSPS) is 35.6. The van der Waals surface area contributed by atoms with Gasteiger partial charge in [0.05, 0.1) is 12.2 Å². The number of hydrogen-bond donors (Lipinski definition) is 0. The molecule has 2 heterocycles. The maximum Gasteiger partial charge on any atom is 0.115 e. The Kier molecular flexibility index (Phi) is 3.28. The van der Waals surface area contributed by atoms with Gasteiger partial charge in [0.25, 0.3) is 0 Å². The summed E-state index contributed by atoms with van der Waals surface area (Å²) in [5, 5.41) is 0. The third-order valence-electron chi connectivity index (χ3n) is 4.34. The molecule has 2 fully saturated rings. The van der Waals surface area contributed by atoms with Crippen LogP contribution in [0, 0.1) is 0 Å². The summed E-state index contributed by atoms with van der Waals surface area (Å²) in [5.41, 5.74) is -0.0523. The van der Waals surface area contributed by atoms with Crippen LogP contribution in [0.25, 0.3) is 0 Å². The molecule has 0 spiro atoms. The quantitative estimate of drug-likeness (QED) is 0.735. The zero-order chi connectivity index (χ0) is 11.8. The average molecular weight is 229 g/mol. The standard InChI is InChI=1S/C13H24FNO/c1-4-12(2,3)16-10-13-6-5-7-15(13)9-11(14)8-13/h11H,4-10H2,1-3H3/t11-,13+/m1/s1. The second-order valence-electron chi connectivity index (χ2n) is 5.98. The predicted molar refractivity (Wildman–Crippen MR) is 63.4 cm³/mol. The molecule has 0 saturated carbocycles. The number of ether oxygens (including phenoxy) is 1. The van der Waals surface area contributed by atoms with Gasteiger partial charge in [0, 0.05) is 18.5 Å². The van der Waals surface area contributed by atoms with E-state index in [1.54, 1.807) is 0 Å². The smallest absolute Gasteiger partial charge is 0.115 e. The molecule has 0 radical (unpaired) electrons. The molecule has 0 aromatic rings. The number of halogens is 1. The number of fused-ring (bicyclic) bond motifs is 1. The molecule has 2 aliphatic heterocycles. The maximum atomic E-state index is 13.5. The Balaban J connectivity index is 1.97. The van der Waals surface area contributed by atoms with Gasteiger partial charge < -0.3 is 4.74 Å². The lowest BCUT2D eigenvalue weighted by molar-refractivity contribution is -0.0647. The monoisotopic (exact) mass is 229 g/mol. The summed E-state index contributed by atoms with van der Waals surface area (Å²) in [6.07, 6.45) is 3.33. The molecule has 0 aromatic heterocycles. The van der Waals surface area contributed by atoms with Crippen molar-refractivity contribution in [2.45, 2.75) is 63.8 Å². The Bertz CT molecular complexity index is 256. The van der Waals surface area contributed by atoms with Crippen molar-refractivity contribution in [2.75, 3.05) is 19.7 Å². The SMILES string of the molecule is CCC(C)(C)OC[C@@]12CCCN1C[C@H](F)C2. The van der Waals surface area contributed by atoms with E-state index in [-0.39, 0.29) is 11.1 Å². The van der Waals surface area contributed by atoms with E-state index < -0.39 is 6.17 Å². The molecule has 0 amide bonds. The third kappa shape index (κ3) is 2.25. The van der Waals surface area contributed by atoms with Crippen molar-refractivity contribution in [3.63, 3.8) is 0 Å². The van der Waals surface area contributed by atoms with E-state index >= 15 is 0 Å². The van der Waals surface area contributed by atoms with Crippen molar-refractivity contribution in [2.24, 2.45) is 0 Å². The minimum Gasteiger partial charge on any atom is -0.374 e. The van der Waals surface area contributed by atoms with Crippen LogP contribution in [0.5, 0.6) is 0 Å². The first-order chi connectivity index (χ1) is 7.47. The fourth-order valence-electron chi connectivity index (χ4n) is 2.88. The molecule has 2 saturated heterocycles. The molecular weight excluding hydrogens is 205 g/mol. The first-order valence-electron chi connectivity index (χ1n) is 6.50. The van der Waals surface area contributed by atoms with Gasteiger partial charge in [-0.15, -0.1) is 0 Å². The molecule has 16 heavy (non-hydrogen) atoms. The van der Waals surface area contributed by atoms with Crippen LogP contribution in [-0.2, 0) is 4.74 Å². The molecule has 2 nitrogen and oxygen atoms in total. The Morgan fingerprint density at radius 1 is 1.50 bits per heavy atom. The lowest BCUT2D eigenvalue weighted by atomic mass is 9.94. The fourth-order valence-corrected chi connectivity index (χ4v) is 2.88. The summed E-state index contributed by atoms with van der Waals surface area (Å²) in [6, 6.07) is 0. The minimum absolute atomic E-state index is 0.0197. The van der Waals surface area contributed by atoms with Gasteiger partial charge in [-0.3, -0.25) is 4.90 Å². The first-order valence-corrected chi connectivity index (χ1v) is 6.50. The number of rotatable bonds is 4. The number of alkyl halides is 1. The van der Waals surface area contributed by atoms with Gasteiger partial charge >= 0.3 is 0 Å². The first kappa shape index (κ1) is 12.3. The Morgan fingerprint density at radius 3 is 2.94 bits per heavy atom. The van der Waals surface area contributed by atoms with E-state index in [0.717, 1.165) is 19.4 Å². The van der Waals surface area contributed by atoms with Crippen molar-refractivity contribution >= 4 is 0 Å². The molecule has 0 N–H and O–H groups in total. The molecule has 0 unspecified atom stereocenters. The van der Waals surface area contributed by atoms with E-state index in [1.165, 1.54) is 6.42 Å². The molecule has 2 rings (SSSR count). The van der Waals surface area contributed by atoms with Crippen LogP contribution < -0.4 is 0 Å². The molecule has 94 valence electrons. The molecule has 3 heteroatoms. The van der Waals surface area contributed by atoms with Crippen LogP contribution in [0.1, 0.15) is 46.5 Å². The van der Waals surface area contributed by atoms with Crippen molar-refractivity contribution in [3.05, 3.63) is 0 Å². The van der Waals surface area contributed by atoms with Crippen molar-refractivity contribution in [1.82, 2.24) is 4.90 Å². The van der Waals surface area contributed by atoms with Crippen LogP contribution in [0.2, 0.25) is 0 Å². The molecule has 0 aromatic carbocycles. The highest BCUT2D eigenvalue weighted by molar-refractivity contribution is 5.03. The van der Waals surface area contributed by atoms with Crippen LogP contribution >= 0.6 is 0 Å². The van der Waals surface area contributed by atoms with Gasteiger partial charge in [-0.25, -0.2) is 4.39 Å². The topological polar surface area (TPSA) is 12.5 Å². The van der Waals surface area contributed by atoms with Gasteiger partial charge in [-0.2, -0.15) is 0 Å². The summed E-state index contributed by atoms with van der Waals surface area (Å²) < 4.78 is 19.5. The second-order valence-corrected chi connectivity index (χ2v) is 5.98. The lowest BCUT2D eigenvalue weighted by Crippen LogP contribution is -2.44. The average Bonchev–Trinajstić information content (AvgIpc) is 2.71. The molecule has 2 aliphatic rings. The van der Waals surface area contributed by atoms with Gasteiger partial charge in [-0.1, -0.05) is 6.92 Å². The second kappa shape index (κ2) is 4.26. The van der Waals surface area contributed by atoms with Crippen LogP contribution in [0.4, 0.5) is 4.39 Å². The van der Waals surface area contributed by atoms with Gasteiger partial charge in [0.1, 0.15) is 6.17 Å². The Labute approximate surface area is 98.1 Å².